The second-order valence-electron chi connectivity index (χ2n) is 7.84. The second kappa shape index (κ2) is 11.5. The summed E-state index contributed by atoms with van der Waals surface area (Å²) < 4.78 is 28.9. The van der Waals surface area contributed by atoms with Crippen molar-refractivity contribution in [3.05, 3.63) is 77.6 Å². The minimum Gasteiger partial charge on any atom is -0.332 e. The van der Waals surface area contributed by atoms with Crippen molar-refractivity contribution in [3.8, 4) is 22.5 Å². The van der Waals surface area contributed by atoms with Gasteiger partial charge in [-0.15, -0.1) is 12.4 Å². The number of thioether (sulfide) groups is 1. The van der Waals surface area contributed by atoms with E-state index in [4.69, 9.17) is 4.98 Å². The van der Waals surface area contributed by atoms with Crippen LogP contribution in [0, 0.1) is 25.5 Å². The van der Waals surface area contributed by atoms with Crippen molar-refractivity contribution < 1.29 is 8.78 Å². The normalized spacial score (nSPS) is 10.9. The number of H-pyrrole nitrogens is 1. The molecule has 4 nitrogen and oxygen atoms in total. The van der Waals surface area contributed by atoms with Crippen LogP contribution < -0.4 is 0 Å². The molecule has 33 heavy (non-hydrogen) atoms. The summed E-state index contributed by atoms with van der Waals surface area (Å²) in [5.41, 5.74) is 5.47. The van der Waals surface area contributed by atoms with Gasteiger partial charge in [0.2, 0.25) is 0 Å². The Hall–Kier alpha value is -2.64. The lowest BCUT2D eigenvalue weighted by Crippen LogP contribution is -2.02. The Morgan fingerprint density at radius 1 is 0.879 bits per heavy atom. The van der Waals surface area contributed by atoms with Gasteiger partial charge in [-0.05, 0) is 81.3 Å². The number of imidazole rings is 1. The van der Waals surface area contributed by atoms with Crippen molar-refractivity contribution in [2.24, 2.45) is 0 Å². The smallest absolute Gasteiger partial charge is 0.166 e. The van der Waals surface area contributed by atoms with E-state index in [1.54, 1.807) is 36.0 Å². The van der Waals surface area contributed by atoms with Crippen LogP contribution in [0.3, 0.4) is 0 Å². The number of nitrogens with zero attached hydrogens (tertiary/aromatic N) is 3. The summed E-state index contributed by atoms with van der Waals surface area (Å²) in [5, 5.41) is 5.31. The molecule has 0 aliphatic carbocycles. The molecule has 0 fully saturated rings. The molecule has 0 radical (unpaired) electrons. The van der Waals surface area contributed by atoms with Gasteiger partial charge in [-0.25, -0.2) is 13.8 Å². The van der Waals surface area contributed by atoms with E-state index in [9.17, 15) is 8.78 Å². The molecule has 1 N–H and O–H groups in total. The summed E-state index contributed by atoms with van der Waals surface area (Å²) >= 11 is 1.67. The van der Waals surface area contributed by atoms with E-state index in [1.165, 1.54) is 30.0 Å². The Kier molecular flexibility index (Phi) is 8.69. The molecule has 0 saturated heterocycles. The molecule has 4 rings (SSSR count). The molecule has 0 atom stereocenters. The molecule has 174 valence electrons. The van der Waals surface area contributed by atoms with Crippen LogP contribution in [0.25, 0.3) is 22.5 Å². The quantitative estimate of drug-likeness (QED) is 0.200. The number of rotatable bonds is 9. The van der Waals surface area contributed by atoms with Gasteiger partial charge in [0.15, 0.2) is 5.16 Å². The van der Waals surface area contributed by atoms with Crippen LogP contribution in [0.2, 0.25) is 0 Å². The number of aromatic nitrogens is 4. The molecular formula is C25H27ClF2N4S. The molecule has 0 saturated carbocycles. The van der Waals surface area contributed by atoms with Gasteiger partial charge < -0.3 is 4.98 Å². The van der Waals surface area contributed by atoms with Gasteiger partial charge in [-0.3, -0.25) is 4.68 Å². The molecular weight excluding hydrogens is 462 g/mol. The van der Waals surface area contributed by atoms with E-state index in [2.05, 4.69) is 27.8 Å². The van der Waals surface area contributed by atoms with Crippen molar-refractivity contribution in [1.29, 1.82) is 0 Å². The molecule has 2 aromatic carbocycles. The van der Waals surface area contributed by atoms with Gasteiger partial charge >= 0.3 is 0 Å². The molecule has 2 aromatic heterocycles. The zero-order chi connectivity index (χ0) is 22.5. The van der Waals surface area contributed by atoms with E-state index >= 15 is 0 Å². The third-order valence-corrected chi connectivity index (χ3v) is 6.25. The maximum atomic E-state index is 13.4. The van der Waals surface area contributed by atoms with Crippen LogP contribution in [0.1, 0.15) is 30.7 Å². The molecule has 0 amide bonds. The number of unbranched alkanes of at least 4 members (excludes halogenated alkanes) is 2. The van der Waals surface area contributed by atoms with Crippen LogP contribution in [0.4, 0.5) is 8.78 Å². The van der Waals surface area contributed by atoms with Gasteiger partial charge in [0.1, 0.15) is 11.6 Å². The fourth-order valence-electron chi connectivity index (χ4n) is 3.67. The predicted octanol–water partition coefficient (Wildman–Crippen LogP) is 7.22. The number of aryl methyl sites for hydroxylation is 3. The highest BCUT2D eigenvalue weighted by atomic mass is 35.5. The number of halogens is 3. The number of hydrogen-bond donors (Lipinski definition) is 1. The lowest BCUT2D eigenvalue weighted by Gasteiger charge is -2.04. The number of nitrogens with one attached hydrogen (secondary N) is 1. The van der Waals surface area contributed by atoms with Gasteiger partial charge in [0.25, 0.3) is 0 Å². The molecule has 2 heterocycles. The third kappa shape index (κ3) is 6.45. The number of hydrogen-bond acceptors (Lipinski definition) is 3. The fraction of sp³-hybridized carbons (Fsp3) is 0.280. The van der Waals surface area contributed by atoms with Crippen molar-refractivity contribution in [1.82, 2.24) is 19.7 Å². The molecule has 0 aliphatic rings. The second-order valence-corrected chi connectivity index (χ2v) is 8.92. The van der Waals surface area contributed by atoms with Crippen LogP contribution in [-0.4, -0.2) is 25.5 Å². The summed E-state index contributed by atoms with van der Waals surface area (Å²) in [6, 6.07) is 14.7. The predicted molar refractivity (Wildman–Crippen MR) is 133 cm³/mol. The van der Waals surface area contributed by atoms with E-state index in [0.29, 0.717) is 0 Å². The fourth-order valence-corrected chi connectivity index (χ4v) is 4.54. The number of aromatic amines is 1. The van der Waals surface area contributed by atoms with Crippen molar-refractivity contribution in [2.45, 2.75) is 44.8 Å². The first-order chi connectivity index (χ1) is 15.5. The van der Waals surface area contributed by atoms with Crippen molar-refractivity contribution in [3.63, 3.8) is 0 Å². The molecule has 0 spiro atoms. The Labute approximate surface area is 203 Å². The third-order valence-electron chi connectivity index (χ3n) is 5.29. The maximum Gasteiger partial charge on any atom is 0.166 e. The Bertz CT molecular complexity index is 1110. The highest BCUT2D eigenvalue weighted by Gasteiger charge is 2.15. The van der Waals surface area contributed by atoms with Crippen LogP contribution >= 0.6 is 24.2 Å². The summed E-state index contributed by atoms with van der Waals surface area (Å²) in [6.45, 7) is 5.04. The number of benzene rings is 2. The summed E-state index contributed by atoms with van der Waals surface area (Å²) in [5.74, 6) is 0.366. The van der Waals surface area contributed by atoms with E-state index in [0.717, 1.165) is 64.9 Å². The summed E-state index contributed by atoms with van der Waals surface area (Å²) in [7, 11) is 0. The lowest BCUT2D eigenvalue weighted by atomic mass is 10.1. The first-order valence-corrected chi connectivity index (χ1v) is 11.7. The molecule has 4 aromatic rings. The highest BCUT2D eigenvalue weighted by Crippen LogP contribution is 2.33. The summed E-state index contributed by atoms with van der Waals surface area (Å²) in [4.78, 5) is 8.14. The van der Waals surface area contributed by atoms with E-state index in [-0.39, 0.29) is 24.0 Å². The SMILES string of the molecule is Cc1cc(C)n(CCCCCSc2nc(-c3ccc(F)cc3)c(-c3ccc(F)cc3)[nH]2)n1.Cl. The zero-order valence-electron chi connectivity index (χ0n) is 18.6. The van der Waals surface area contributed by atoms with Crippen molar-refractivity contribution >= 4 is 24.2 Å². The van der Waals surface area contributed by atoms with Crippen LogP contribution in [0.5, 0.6) is 0 Å². The molecule has 8 heteroatoms. The average Bonchev–Trinajstić information content (AvgIpc) is 3.34. The van der Waals surface area contributed by atoms with Gasteiger partial charge in [-0.1, -0.05) is 18.2 Å². The minimum atomic E-state index is -0.289. The maximum absolute atomic E-state index is 13.4. The minimum absolute atomic E-state index is 0. The molecule has 0 aliphatic heterocycles. The van der Waals surface area contributed by atoms with Crippen LogP contribution in [-0.2, 0) is 6.54 Å². The van der Waals surface area contributed by atoms with Gasteiger partial charge in [0, 0.05) is 29.1 Å². The largest absolute Gasteiger partial charge is 0.332 e. The standard InChI is InChI=1S/C25H26F2N4S.ClH/c1-17-16-18(2)31(30-17)14-4-3-5-15-32-25-28-23(19-6-10-21(26)11-7-19)24(29-25)20-8-12-22(27)13-9-20;/h6-13,16H,3-5,14-15H2,1-2H3,(H,28,29);1H. The van der Waals surface area contributed by atoms with Gasteiger partial charge in [0.05, 0.1) is 17.1 Å². The van der Waals surface area contributed by atoms with E-state index in [1.807, 2.05) is 6.92 Å². The van der Waals surface area contributed by atoms with Crippen LogP contribution in [0.15, 0.2) is 59.8 Å². The first kappa shape index (κ1) is 25.0. The van der Waals surface area contributed by atoms with Crippen molar-refractivity contribution in [2.75, 3.05) is 5.75 Å². The Morgan fingerprint density at radius 3 is 2.12 bits per heavy atom. The monoisotopic (exact) mass is 488 g/mol. The lowest BCUT2D eigenvalue weighted by molar-refractivity contribution is 0.541. The highest BCUT2D eigenvalue weighted by molar-refractivity contribution is 7.99. The summed E-state index contributed by atoms with van der Waals surface area (Å²) in [6.07, 6.45) is 3.27. The zero-order valence-corrected chi connectivity index (χ0v) is 20.3. The average molecular weight is 489 g/mol. The topological polar surface area (TPSA) is 46.5 Å². The van der Waals surface area contributed by atoms with E-state index < -0.39 is 0 Å². The van der Waals surface area contributed by atoms with Gasteiger partial charge in [-0.2, -0.15) is 5.10 Å². The molecule has 0 bridgehead atoms. The Morgan fingerprint density at radius 2 is 1.52 bits per heavy atom. The first-order valence-electron chi connectivity index (χ1n) is 10.8. The molecule has 0 unspecified atom stereocenters. The Balaban J connectivity index is 0.00000306.